The molecule has 10 heteroatoms. The molecule has 0 aliphatic carbocycles. The molecular formula is C106H62N10. The van der Waals surface area contributed by atoms with Crippen LogP contribution >= 0.6 is 0 Å². The first kappa shape index (κ1) is 66.0. The van der Waals surface area contributed by atoms with Crippen LogP contribution in [0.25, 0.3) is 242 Å². The quantitative estimate of drug-likeness (QED) is 0.107. The van der Waals surface area contributed by atoms with Crippen molar-refractivity contribution in [3.63, 3.8) is 0 Å². The molecular weight excluding hydrogens is 1410 g/mol. The average molecular weight is 1480 g/mol. The van der Waals surface area contributed by atoms with Gasteiger partial charge in [-0.15, -0.1) is 0 Å². The lowest BCUT2D eigenvalue weighted by Crippen LogP contribution is -1.95. The van der Waals surface area contributed by atoms with E-state index < -0.39 is 0 Å². The smallest absolute Gasteiger partial charge is 0.0978 e. The third kappa shape index (κ3) is 11.0. The highest BCUT2D eigenvalue weighted by Gasteiger charge is 2.23. The Bertz CT molecular complexity index is 7730. The minimum atomic E-state index is 0.806. The SMILES string of the molecule is c1ccc(-c2c3ccccc3nc3c2ccc2ccc(-c4ccc(-c5ccc6ccc7c(-c8ccccc8)c8ccccc8nc7c6n5)c5cnccc45)nc23)cc1.c1ccc(-c2c3ccccc3nc3c2ccc2ccc(-c4ccc5nc(-c6ccc7ccc8c(-c9ccccc9)c9ccccc9nc8c7n6)ccc5c4)nc23)cc1. The fourth-order valence-corrected chi connectivity index (χ4v) is 17.5. The Morgan fingerprint density at radius 2 is 0.466 bits per heavy atom. The van der Waals surface area contributed by atoms with Crippen molar-refractivity contribution in [3.05, 3.63) is 376 Å². The minimum Gasteiger partial charge on any atom is -0.264 e. The van der Waals surface area contributed by atoms with Crippen LogP contribution in [-0.2, 0) is 0 Å². The van der Waals surface area contributed by atoms with Crippen LogP contribution in [0.2, 0.25) is 0 Å². The highest BCUT2D eigenvalue weighted by Crippen LogP contribution is 2.45. The molecule has 10 heterocycles. The van der Waals surface area contributed by atoms with Crippen molar-refractivity contribution >= 4 is 153 Å². The summed E-state index contributed by atoms with van der Waals surface area (Å²) >= 11 is 0. The summed E-state index contributed by atoms with van der Waals surface area (Å²) in [5.41, 5.74) is 28.4. The standard InChI is InChI=1S/2C53H31N5/c1-3-11-32(12-4-1)48-38-15-7-9-17-44(38)56-52-40(48)25-19-34-21-27-43(55-50(34)52)37-23-28-42-36(31-37)24-30-46(54-42)47-29-22-35-20-26-41-49(33-13-5-2-6-14-33)39-16-8-10-18-45(39)57-53(41)51(35)58-47;1-3-11-32(12-4-1)48-39-15-7-9-17-44(39)57-52-41(48)23-19-34-21-27-46(55-50(34)52)37-25-26-38(43-31-54-30-29-36(37)43)47-28-22-35-20-24-42-49(33-13-5-2-6-14-33)40-16-8-10-18-45(40)58-53(42)51(35)56-47/h2*1-31H. The molecule has 0 saturated carbocycles. The van der Waals surface area contributed by atoms with E-state index in [1.165, 1.54) is 22.3 Å². The Morgan fingerprint density at radius 3 is 0.862 bits per heavy atom. The number of rotatable bonds is 8. The highest BCUT2D eigenvalue weighted by atomic mass is 14.8. The number of hydrogen-bond acceptors (Lipinski definition) is 10. The van der Waals surface area contributed by atoms with Crippen LogP contribution < -0.4 is 0 Å². The Labute approximate surface area is 664 Å². The van der Waals surface area contributed by atoms with E-state index in [0.29, 0.717) is 0 Å². The first-order valence-corrected chi connectivity index (χ1v) is 39.0. The van der Waals surface area contributed by atoms with Crippen molar-refractivity contribution in [1.82, 2.24) is 49.8 Å². The maximum Gasteiger partial charge on any atom is 0.0978 e. The van der Waals surface area contributed by atoms with Crippen molar-refractivity contribution in [2.45, 2.75) is 0 Å². The van der Waals surface area contributed by atoms with Crippen molar-refractivity contribution in [3.8, 4) is 89.7 Å². The average Bonchev–Trinajstić information content (AvgIpc) is 0.747. The summed E-state index contributed by atoms with van der Waals surface area (Å²) in [5.74, 6) is 0. The van der Waals surface area contributed by atoms with E-state index in [9.17, 15) is 0 Å². The second-order valence-corrected chi connectivity index (χ2v) is 29.6. The van der Waals surface area contributed by atoms with Gasteiger partial charge in [0.05, 0.1) is 100 Å². The molecule has 0 unspecified atom stereocenters. The Hall–Kier alpha value is -15.8. The Morgan fingerprint density at radius 1 is 0.155 bits per heavy atom. The molecule has 116 heavy (non-hydrogen) atoms. The number of aromatic nitrogens is 10. The van der Waals surface area contributed by atoms with Gasteiger partial charge in [-0.1, -0.05) is 291 Å². The van der Waals surface area contributed by atoms with Crippen LogP contribution in [0.4, 0.5) is 0 Å². The largest absolute Gasteiger partial charge is 0.264 e. The molecule has 10 nitrogen and oxygen atoms in total. The van der Waals surface area contributed by atoms with E-state index in [4.69, 9.17) is 44.9 Å². The van der Waals surface area contributed by atoms with Crippen molar-refractivity contribution in [2.24, 2.45) is 0 Å². The number of hydrogen-bond donors (Lipinski definition) is 0. The van der Waals surface area contributed by atoms with Crippen molar-refractivity contribution in [2.75, 3.05) is 0 Å². The molecule has 0 atom stereocenters. The summed E-state index contributed by atoms with van der Waals surface area (Å²) in [6, 6.07) is 127. The topological polar surface area (TPSA) is 129 Å². The van der Waals surface area contributed by atoms with E-state index in [1.54, 1.807) is 0 Å². The molecule has 0 amide bonds. The molecule has 10 aromatic heterocycles. The number of benzene rings is 14. The zero-order valence-electron chi connectivity index (χ0n) is 62.3. The van der Waals surface area contributed by atoms with E-state index >= 15 is 0 Å². The fourth-order valence-electron chi connectivity index (χ4n) is 17.5. The maximum atomic E-state index is 5.39. The lowest BCUT2D eigenvalue weighted by Gasteiger charge is -2.15. The predicted molar refractivity (Wildman–Crippen MR) is 479 cm³/mol. The molecule has 0 bridgehead atoms. The number of pyridine rings is 10. The Balaban J connectivity index is 0.000000137. The van der Waals surface area contributed by atoms with Gasteiger partial charge in [0, 0.05) is 127 Å². The molecule has 24 aromatic rings. The van der Waals surface area contributed by atoms with Gasteiger partial charge in [0.2, 0.25) is 0 Å². The molecule has 0 saturated heterocycles. The monoisotopic (exact) mass is 1470 g/mol. The first-order valence-electron chi connectivity index (χ1n) is 39.0. The minimum absolute atomic E-state index is 0.806. The van der Waals surface area contributed by atoms with Gasteiger partial charge < -0.3 is 0 Å². The van der Waals surface area contributed by atoms with Gasteiger partial charge >= 0.3 is 0 Å². The van der Waals surface area contributed by atoms with Crippen molar-refractivity contribution in [1.29, 1.82) is 0 Å². The van der Waals surface area contributed by atoms with Gasteiger partial charge in [0.15, 0.2) is 0 Å². The van der Waals surface area contributed by atoms with Gasteiger partial charge in [-0.25, -0.2) is 44.9 Å². The third-order valence-electron chi connectivity index (χ3n) is 22.9. The molecule has 0 N–H and O–H groups in total. The van der Waals surface area contributed by atoms with E-state index in [1.807, 2.05) is 30.6 Å². The van der Waals surface area contributed by atoms with Gasteiger partial charge in [0.25, 0.3) is 0 Å². The second kappa shape index (κ2) is 27.0. The molecule has 0 spiro atoms. The third-order valence-corrected chi connectivity index (χ3v) is 22.9. The number of para-hydroxylation sites is 4. The van der Waals surface area contributed by atoms with E-state index in [2.05, 4.69) is 351 Å². The summed E-state index contributed by atoms with van der Waals surface area (Å²) in [6.45, 7) is 0. The van der Waals surface area contributed by atoms with Crippen LogP contribution in [0.1, 0.15) is 0 Å². The highest BCUT2D eigenvalue weighted by molar-refractivity contribution is 6.21. The molecule has 14 aromatic carbocycles. The van der Waals surface area contributed by atoms with Crippen LogP contribution in [0, 0.1) is 0 Å². The van der Waals surface area contributed by atoms with Crippen LogP contribution in [0.15, 0.2) is 376 Å². The molecule has 536 valence electrons. The van der Waals surface area contributed by atoms with Crippen LogP contribution in [0.3, 0.4) is 0 Å². The molecule has 0 fully saturated rings. The molecule has 24 rings (SSSR count). The van der Waals surface area contributed by atoms with Gasteiger partial charge in [-0.05, 0) is 100 Å². The first-order chi connectivity index (χ1) is 57.5. The van der Waals surface area contributed by atoms with Crippen LogP contribution in [-0.4, -0.2) is 49.8 Å². The zero-order chi connectivity index (χ0) is 76.3. The summed E-state index contributed by atoms with van der Waals surface area (Å²) in [6.07, 6.45) is 3.80. The van der Waals surface area contributed by atoms with Crippen LogP contribution in [0.5, 0.6) is 0 Å². The van der Waals surface area contributed by atoms with Gasteiger partial charge in [-0.2, -0.15) is 0 Å². The summed E-state index contributed by atoms with van der Waals surface area (Å²) < 4.78 is 0. The fraction of sp³-hybridized carbons (Fsp3) is 0. The summed E-state index contributed by atoms with van der Waals surface area (Å²) in [5, 5.41) is 16.1. The predicted octanol–water partition coefficient (Wildman–Crippen LogP) is 26.8. The lowest BCUT2D eigenvalue weighted by molar-refractivity contribution is 1.32. The second-order valence-electron chi connectivity index (χ2n) is 29.6. The molecule has 0 aliphatic heterocycles. The zero-order valence-corrected chi connectivity index (χ0v) is 62.3. The summed E-state index contributed by atoms with van der Waals surface area (Å²) in [4.78, 5) is 51.9. The maximum absolute atomic E-state index is 5.39. The molecule has 0 aliphatic rings. The lowest BCUT2D eigenvalue weighted by atomic mass is 9.94. The van der Waals surface area contributed by atoms with Gasteiger partial charge in [-0.3, -0.25) is 4.98 Å². The molecule has 0 radical (unpaired) electrons. The van der Waals surface area contributed by atoms with E-state index in [-0.39, 0.29) is 0 Å². The summed E-state index contributed by atoms with van der Waals surface area (Å²) in [7, 11) is 0. The number of fused-ring (bicyclic) bond motifs is 18. The normalized spacial score (nSPS) is 11.8. The van der Waals surface area contributed by atoms with E-state index in [0.717, 1.165) is 220 Å². The van der Waals surface area contributed by atoms with Crippen molar-refractivity contribution < 1.29 is 0 Å². The Kier molecular flexibility index (Phi) is 15.4. The number of nitrogens with zero attached hydrogens (tertiary/aromatic N) is 10. The van der Waals surface area contributed by atoms with Gasteiger partial charge in [0.1, 0.15) is 0 Å².